The summed E-state index contributed by atoms with van der Waals surface area (Å²) < 4.78 is 65.6. The van der Waals surface area contributed by atoms with Crippen molar-refractivity contribution >= 4 is 23.5 Å². The molecule has 3 nitrogen and oxygen atoms in total. The Hall–Kier alpha value is -2.29. The van der Waals surface area contributed by atoms with Crippen molar-refractivity contribution in [1.29, 1.82) is 0 Å². The topological polar surface area (TPSA) is 55.1 Å². The van der Waals surface area contributed by atoms with Crippen LogP contribution in [0.4, 0.5) is 32.4 Å². The lowest BCUT2D eigenvalue weighted by Gasteiger charge is -2.18. The summed E-state index contributed by atoms with van der Waals surface area (Å²) >= 11 is -0.373. The normalized spacial score (nSPS) is 12.0. The second kappa shape index (κ2) is 6.68. The Labute approximate surface area is 138 Å². The van der Waals surface area contributed by atoms with Crippen LogP contribution in [0.25, 0.3) is 0 Å². The van der Waals surface area contributed by atoms with Crippen LogP contribution in [0.1, 0.15) is 11.1 Å². The predicted molar refractivity (Wildman–Crippen MR) is 81.0 cm³/mol. The first-order valence-electron chi connectivity index (χ1n) is 6.49. The smallest absolute Gasteiger partial charge is 0.351 e. The zero-order valence-corrected chi connectivity index (χ0v) is 12.7. The SMILES string of the molecule is NC(=O)Nc1ccc(C(F)(F)c2ccc(SC(F)(F)F)cc2)cc1. The minimum Gasteiger partial charge on any atom is -0.351 e. The highest BCUT2D eigenvalue weighted by molar-refractivity contribution is 8.00. The van der Waals surface area contributed by atoms with Crippen LogP contribution in [0.2, 0.25) is 0 Å². The summed E-state index contributed by atoms with van der Waals surface area (Å²) in [5.41, 5.74) is -0.120. The molecule has 0 saturated carbocycles. The number of amides is 2. The van der Waals surface area contributed by atoms with Gasteiger partial charge in [0.05, 0.1) is 0 Å². The monoisotopic (exact) mass is 362 g/mol. The molecule has 0 unspecified atom stereocenters. The van der Waals surface area contributed by atoms with Gasteiger partial charge in [0.1, 0.15) is 0 Å². The average Bonchev–Trinajstić information content (AvgIpc) is 2.46. The third-order valence-corrected chi connectivity index (χ3v) is 3.70. The number of rotatable bonds is 4. The van der Waals surface area contributed by atoms with Gasteiger partial charge in [-0.25, -0.2) is 4.79 Å². The fourth-order valence-electron chi connectivity index (χ4n) is 1.94. The van der Waals surface area contributed by atoms with Crippen LogP contribution in [-0.4, -0.2) is 11.5 Å². The summed E-state index contributed by atoms with van der Waals surface area (Å²) in [6, 6.07) is 7.76. The van der Waals surface area contributed by atoms with Crippen molar-refractivity contribution in [3.63, 3.8) is 0 Å². The molecule has 0 saturated heterocycles. The third-order valence-electron chi connectivity index (χ3n) is 2.97. The summed E-state index contributed by atoms with van der Waals surface area (Å²) in [4.78, 5) is 10.5. The van der Waals surface area contributed by atoms with E-state index in [0.717, 1.165) is 36.4 Å². The fourth-order valence-corrected chi connectivity index (χ4v) is 2.48. The molecule has 2 aromatic rings. The number of carbonyl (C=O) groups is 1. The molecule has 2 aromatic carbocycles. The van der Waals surface area contributed by atoms with E-state index in [1.54, 1.807) is 0 Å². The van der Waals surface area contributed by atoms with Gasteiger partial charge in [0.25, 0.3) is 5.92 Å². The minimum absolute atomic E-state index is 0.178. The lowest BCUT2D eigenvalue weighted by Crippen LogP contribution is -2.19. The van der Waals surface area contributed by atoms with Crippen LogP contribution in [0, 0.1) is 0 Å². The maximum atomic E-state index is 14.4. The van der Waals surface area contributed by atoms with Gasteiger partial charge < -0.3 is 11.1 Å². The maximum Gasteiger partial charge on any atom is 0.446 e. The molecule has 2 amide bonds. The highest BCUT2D eigenvalue weighted by atomic mass is 32.2. The van der Waals surface area contributed by atoms with E-state index in [1.807, 2.05) is 0 Å². The molecule has 128 valence electrons. The molecule has 9 heteroatoms. The van der Waals surface area contributed by atoms with Gasteiger partial charge in [0.15, 0.2) is 0 Å². The lowest BCUT2D eigenvalue weighted by atomic mass is 10.0. The molecule has 2 rings (SSSR count). The summed E-state index contributed by atoms with van der Waals surface area (Å²) in [7, 11) is 0. The van der Waals surface area contributed by atoms with Gasteiger partial charge in [-0.15, -0.1) is 0 Å². The molecule has 0 atom stereocenters. The van der Waals surface area contributed by atoms with Gasteiger partial charge in [0.2, 0.25) is 0 Å². The second-order valence-electron chi connectivity index (χ2n) is 4.71. The van der Waals surface area contributed by atoms with Crippen LogP contribution in [0.15, 0.2) is 53.4 Å². The van der Waals surface area contributed by atoms with Crippen molar-refractivity contribution in [2.75, 3.05) is 5.32 Å². The van der Waals surface area contributed by atoms with Crippen molar-refractivity contribution in [2.45, 2.75) is 16.3 Å². The van der Waals surface area contributed by atoms with E-state index in [9.17, 15) is 26.7 Å². The summed E-state index contributed by atoms with van der Waals surface area (Å²) in [6.07, 6.45) is 0. The number of alkyl halides is 5. The Bertz CT molecular complexity index is 714. The first-order chi connectivity index (χ1) is 11.1. The number of anilines is 1. The van der Waals surface area contributed by atoms with E-state index in [4.69, 9.17) is 5.73 Å². The van der Waals surface area contributed by atoms with Gasteiger partial charge in [-0.2, -0.15) is 22.0 Å². The molecule has 0 bridgehead atoms. The quantitative estimate of drug-likeness (QED) is 0.599. The zero-order chi connectivity index (χ0) is 18.0. The van der Waals surface area contributed by atoms with Gasteiger partial charge in [-0.05, 0) is 36.0 Å². The van der Waals surface area contributed by atoms with Crippen molar-refractivity contribution in [3.05, 3.63) is 59.7 Å². The van der Waals surface area contributed by atoms with Gasteiger partial charge in [-0.3, -0.25) is 0 Å². The van der Waals surface area contributed by atoms with Crippen molar-refractivity contribution in [2.24, 2.45) is 5.73 Å². The molecule has 0 aromatic heterocycles. The molecule has 24 heavy (non-hydrogen) atoms. The first-order valence-corrected chi connectivity index (χ1v) is 7.31. The molecule has 0 aliphatic carbocycles. The number of hydrogen-bond acceptors (Lipinski definition) is 2. The molecule has 0 radical (unpaired) electrons. The van der Waals surface area contributed by atoms with E-state index < -0.39 is 23.0 Å². The van der Waals surface area contributed by atoms with Crippen LogP contribution in [0.3, 0.4) is 0 Å². The molecule has 0 fully saturated rings. The van der Waals surface area contributed by atoms with E-state index in [2.05, 4.69) is 5.32 Å². The standard InChI is InChI=1S/C15H11F5N2OS/c16-14(17,9-1-5-11(6-2-9)22-13(21)23)10-3-7-12(8-4-10)24-15(18,19)20/h1-8H,(H3,21,22,23). The van der Waals surface area contributed by atoms with Crippen LogP contribution in [-0.2, 0) is 5.92 Å². The largest absolute Gasteiger partial charge is 0.446 e. The van der Waals surface area contributed by atoms with Crippen LogP contribution in [0.5, 0.6) is 0 Å². The number of carbonyl (C=O) groups excluding carboxylic acids is 1. The Morgan fingerprint density at radius 2 is 1.33 bits per heavy atom. The van der Waals surface area contributed by atoms with Crippen molar-refractivity contribution in [1.82, 2.24) is 0 Å². The fraction of sp³-hybridized carbons (Fsp3) is 0.133. The Balaban J connectivity index is 2.21. The van der Waals surface area contributed by atoms with Gasteiger partial charge in [-0.1, -0.05) is 24.3 Å². The number of nitrogens with one attached hydrogen (secondary N) is 1. The number of thioether (sulfide) groups is 1. The summed E-state index contributed by atoms with van der Waals surface area (Å²) in [6.45, 7) is 0. The Morgan fingerprint density at radius 1 is 0.875 bits per heavy atom. The maximum absolute atomic E-state index is 14.4. The van der Waals surface area contributed by atoms with E-state index in [0.29, 0.717) is 0 Å². The second-order valence-corrected chi connectivity index (χ2v) is 5.85. The highest BCUT2D eigenvalue weighted by Crippen LogP contribution is 2.40. The lowest BCUT2D eigenvalue weighted by molar-refractivity contribution is -0.0328. The molecule has 3 N–H and O–H groups in total. The number of nitrogens with two attached hydrogens (primary N) is 1. The summed E-state index contributed by atoms with van der Waals surface area (Å²) in [5.74, 6) is -3.40. The van der Waals surface area contributed by atoms with Crippen LogP contribution >= 0.6 is 11.8 Å². The van der Waals surface area contributed by atoms with E-state index >= 15 is 0 Å². The molecule has 0 heterocycles. The first kappa shape index (κ1) is 18.1. The molecular formula is C15H11F5N2OS. The van der Waals surface area contributed by atoms with Crippen LogP contribution < -0.4 is 11.1 Å². The Kier molecular flexibility index (Phi) is 5.02. The summed E-state index contributed by atoms with van der Waals surface area (Å²) in [5, 5.41) is 2.24. The minimum atomic E-state index is -4.48. The van der Waals surface area contributed by atoms with E-state index in [1.165, 1.54) is 12.1 Å². The van der Waals surface area contributed by atoms with Crippen molar-refractivity contribution < 1.29 is 26.7 Å². The predicted octanol–water partition coefficient (Wildman–Crippen LogP) is 4.93. The number of hydrogen-bond donors (Lipinski definition) is 2. The number of primary amides is 1. The number of benzene rings is 2. The third kappa shape index (κ3) is 4.60. The molecular weight excluding hydrogens is 351 g/mol. The molecule has 0 spiro atoms. The number of urea groups is 1. The number of halogens is 5. The van der Waals surface area contributed by atoms with Crippen molar-refractivity contribution in [3.8, 4) is 0 Å². The highest BCUT2D eigenvalue weighted by Gasteiger charge is 2.34. The molecule has 0 aliphatic heterocycles. The van der Waals surface area contributed by atoms with Gasteiger partial charge >= 0.3 is 11.5 Å². The Morgan fingerprint density at radius 3 is 1.75 bits per heavy atom. The zero-order valence-electron chi connectivity index (χ0n) is 11.9. The average molecular weight is 362 g/mol. The molecule has 0 aliphatic rings. The van der Waals surface area contributed by atoms with Gasteiger partial charge in [0, 0.05) is 21.7 Å². The van der Waals surface area contributed by atoms with E-state index in [-0.39, 0.29) is 27.9 Å².